The van der Waals surface area contributed by atoms with Gasteiger partial charge in [-0.2, -0.15) is 18.2 Å². The molecule has 0 saturated carbocycles. The lowest BCUT2D eigenvalue weighted by molar-refractivity contribution is -0.137. The highest BCUT2D eigenvalue weighted by Crippen LogP contribution is 2.31. The minimum absolute atomic E-state index is 0.190. The quantitative estimate of drug-likeness (QED) is 0.670. The van der Waals surface area contributed by atoms with Crippen molar-refractivity contribution in [3.05, 3.63) is 65.2 Å². The van der Waals surface area contributed by atoms with Crippen molar-refractivity contribution < 1.29 is 23.2 Å². The number of hydrogen-bond donors (Lipinski definition) is 1. The van der Waals surface area contributed by atoms with Crippen LogP contribution in [0.15, 0.2) is 48.5 Å². The van der Waals surface area contributed by atoms with E-state index < -0.39 is 17.6 Å². The molecule has 0 fully saturated rings. The van der Waals surface area contributed by atoms with Gasteiger partial charge in [0.1, 0.15) is 0 Å². The summed E-state index contributed by atoms with van der Waals surface area (Å²) in [7, 11) is 0. The molecule has 1 N–H and O–H groups in total. The molecule has 0 aliphatic heterocycles. The van der Waals surface area contributed by atoms with Crippen LogP contribution in [-0.4, -0.2) is 11.1 Å². The Balaban J connectivity index is 2.32. The maximum absolute atomic E-state index is 12.6. The summed E-state index contributed by atoms with van der Waals surface area (Å²) in [4.78, 5) is 12.1. The van der Waals surface area contributed by atoms with Crippen LogP contribution in [0.2, 0.25) is 0 Å². The summed E-state index contributed by atoms with van der Waals surface area (Å²) in [5, 5.41) is 10.1. The molecule has 0 heterocycles. The largest absolute Gasteiger partial charge is 0.416 e. The van der Waals surface area contributed by atoms with Gasteiger partial charge in [-0.15, -0.1) is 0 Å². The average molecular weight is 295 g/mol. The summed E-state index contributed by atoms with van der Waals surface area (Å²) in [6, 6.07) is 10.4. The molecule has 110 valence electrons. The molecule has 21 heavy (non-hydrogen) atoms. The van der Waals surface area contributed by atoms with Crippen LogP contribution in [0.25, 0.3) is 0 Å². The summed E-state index contributed by atoms with van der Waals surface area (Å²) >= 11 is 0. The van der Waals surface area contributed by atoms with E-state index in [1.807, 2.05) is 0 Å². The van der Waals surface area contributed by atoms with E-state index in [0.717, 1.165) is 17.7 Å². The maximum atomic E-state index is 12.6. The van der Waals surface area contributed by atoms with E-state index in [2.05, 4.69) is 0 Å². The molecule has 0 saturated heterocycles. The highest BCUT2D eigenvalue weighted by molar-refractivity contribution is 6.04. The Morgan fingerprint density at radius 1 is 1.10 bits per heavy atom. The molecule has 2 aromatic rings. The number of hydrogen-bond acceptors (Lipinski definition) is 2. The van der Waals surface area contributed by atoms with Crippen molar-refractivity contribution in [2.75, 3.05) is 5.06 Å². The Morgan fingerprint density at radius 2 is 1.76 bits per heavy atom. The van der Waals surface area contributed by atoms with Gasteiger partial charge in [0.25, 0.3) is 5.91 Å². The van der Waals surface area contributed by atoms with Crippen molar-refractivity contribution in [3.63, 3.8) is 0 Å². The first-order valence-corrected chi connectivity index (χ1v) is 6.06. The monoisotopic (exact) mass is 295 g/mol. The Hall–Kier alpha value is -2.34. The maximum Gasteiger partial charge on any atom is 0.416 e. The topological polar surface area (TPSA) is 40.5 Å². The van der Waals surface area contributed by atoms with Crippen LogP contribution < -0.4 is 5.06 Å². The number of anilines is 1. The number of benzene rings is 2. The number of aryl methyl sites for hydroxylation is 1. The zero-order valence-corrected chi connectivity index (χ0v) is 11.1. The lowest BCUT2D eigenvalue weighted by Crippen LogP contribution is -2.27. The first kappa shape index (κ1) is 15.1. The van der Waals surface area contributed by atoms with Crippen LogP contribution >= 0.6 is 0 Å². The second kappa shape index (κ2) is 5.57. The third-order valence-corrected chi connectivity index (χ3v) is 2.88. The smallest absolute Gasteiger partial charge is 0.281 e. The fraction of sp³-hybridized carbons (Fsp3) is 0.133. The lowest BCUT2D eigenvalue weighted by Gasteiger charge is -2.17. The molecule has 0 aromatic heterocycles. The zero-order valence-electron chi connectivity index (χ0n) is 11.1. The molecule has 0 spiro atoms. The SMILES string of the molecule is Cc1cccc(C(=O)N(O)c2cccc(C(F)(F)F)c2)c1. The molecule has 2 rings (SSSR count). The second-order valence-electron chi connectivity index (χ2n) is 4.53. The number of carbonyl (C=O) groups excluding carboxylic acids is 1. The van der Waals surface area contributed by atoms with E-state index in [1.165, 1.54) is 12.1 Å². The van der Waals surface area contributed by atoms with E-state index in [-0.39, 0.29) is 16.3 Å². The van der Waals surface area contributed by atoms with Crippen LogP contribution in [0.5, 0.6) is 0 Å². The van der Waals surface area contributed by atoms with Gasteiger partial charge in [-0.1, -0.05) is 23.8 Å². The molecule has 1 amide bonds. The molecular weight excluding hydrogens is 283 g/mol. The molecule has 0 unspecified atom stereocenters. The summed E-state index contributed by atoms with van der Waals surface area (Å²) < 4.78 is 37.9. The molecule has 0 aliphatic rings. The molecule has 0 bridgehead atoms. The van der Waals surface area contributed by atoms with Gasteiger partial charge in [-0.25, -0.2) is 0 Å². The Kier molecular flexibility index (Phi) is 3.99. The van der Waals surface area contributed by atoms with E-state index in [4.69, 9.17) is 0 Å². The Morgan fingerprint density at radius 3 is 2.38 bits per heavy atom. The summed E-state index contributed by atoms with van der Waals surface area (Å²) in [6.45, 7) is 1.77. The first-order chi connectivity index (χ1) is 9.79. The molecule has 6 heteroatoms. The number of carbonyl (C=O) groups is 1. The lowest BCUT2D eigenvalue weighted by atomic mass is 10.1. The number of hydroxylamine groups is 1. The normalized spacial score (nSPS) is 11.3. The minimum atomic E-state index is -4.54. The predicted octanol–water partition coefficient (Wildman–Crippen LogP) is 4.05. The van der Waals surface area contributed by atoms with Gasteiger partial charge in [-0.05, 0) is 37.3 Å². The van der Waals surface area contributed by atoms with E-state index >= 15 is 0 Å². The number of halogens is 3. The van der Waals surface area contributed by atoms with Crippen LogP contribution in [0.1, 0.15) is 21.5 Å². The first-order valence-electron chi connectivity index (χ1n) is 6.06. The number of amides is 1. The predicted molar refractivity (Wildman–Crippen MR) is 71.2 cm³/mol. The third-order valence-electron chi connectivity index (χ3n) is 2.88. The summed E-state index contributed by atoms with van der Waals surface area (Å²) in [5.74, 6) is -0.793. The number of rotatable bonds is 2. The van der Waals surface area contributed by atoms with E-state index in [9.17, 15) is 23.2 Å². The molecule has 0 atom stereocenters. The molecule has 2 aromatic carbocycles. The Bertz CT molecular complexity index is 668. The highest BCUT2D eigenvalue weighted by atomic mass is 19.4. The van der Waals surface area contributed by atoms with Crippen LogP contribution in [0, 0.1) is 6.92 Å². The minimum Gasteiger partial charge on any atom is -0.281 e. The van der Waals surface area contributed by atoms with Gasteiger partial charge in [0.15, 0.2) is 0 Å². The molecular formula is C15H12F3NO2. The van der Waals surface area contributed by atoms with Crippen molar-refractivity contribution in [2.24, 2.45) is 0 Å². The van der Waals surface area contributed by atoms with Crippen molar-refractivity contribution in [3.8, 4) is 0 Å². The molecule has 3 nitrogen and oxygen atoms in total. The van der Waals surface area contributed by atoms with Crippen molar-refractivity contribution in [1.29, 1.82) is 0 Å². The van der Waals surface area contributed by atoms with Gasteiger partial charge < -0.3 is 0 Å². The van der Waals surface area contributed by atoms with Gasteiger partial charge in [0, 0.05) is 5.56 Å². The van der Waals surface area contributed by atoms with Crippen LogP contribution in [0.3, 0.4) is 0 Å². The van der Waals surface area contributed by atoms with Crippen molar-refractivity contribution in [1.82, 2.24) is 0 Å². The van der Waals surface area contributed by atoms with E-state index in [0.29, 0.717) is 6.07 Å². The van der Waals surface area contributed by atoms with Gasteiger partial charge in [0.2, 0.25) is 0 Å². The summed E-state index contributed by atoms with van der Waals surface area (Å²) in [6.07, 6.45) is -4.54. The summed E-state index contributed by atoms with van der Waals surface area (Å²) in [5.41, 5.74) is -0.180. The van der Waals surface area contributed by atoms with Crippen molar-refractivity contribution >= 4 is 11.6 Å². The van der Waals surface area contributed by atoms with Gasteiger partial charge in [0.05, 0.1) is 11.3 Å². The number of alkyl halides is 3. The van der Waals surface area contributed by atoms with Crippen LogP contribution in [-0.2, 0) is 6.18 Å². The molecule has 0 aliphatic carbocycles. The van der Waals surface area contributed by atoms with Gasteiger partial charge in [-0.3, -0.25) is 10.0 Å². The van der Waals surface area contributed by atoms with Gasteiger partial charge >= 0.3 is 6.18 Å². The number of nitrogens with zero attached hydrogens (tertiary/aromatic N) is 1. The Labute approximate surface area is 119 Å². The average Bonchev–Trinajstić information content (AvgIpc) is 2.45. The van der Waals surface area contributed by atoms with Crippen LogP contribution in [0.4, 0.5) is 18.9 Å². The highest BCUT2D eigenvalue weighted by Gasteiger charge is 2.31. The standard InChI is InChI=1S/C15H12F3NO2/c1-10-4-2-5-11(8-10)14(20)19(21)13-7-3-6-12(9-13)15(16,17)18/h2-9,21H,1H3. The second-order valence-corrected chi connectivity index (χ2v) is 4.53. The molecule has 0 radical (unpaired) electrons. The fourth-order valence-electron chi connectivity index (χ4n) is 1.83. The van der Waals surface area contributed by atoms with E-state index in [1.54, 1.807) is 25.1 Å². The third kappa shape index (κ3) is 3.41. The zero-order chi connectivity index (χ0) is 15.6. The fourth-order valence-corrected chi connectivity index (χ4v) is 1.83. The van der Waals surface area contributed by atoms with Crippen molar-refractivity contribution in [2.45, 2.75) is 13.1 Å².